The van der Waals surface area contributed by atoms with Gasteiger partial charge in [-0.15, -0.1) is 0 Å². The number of halogens is 1. The van der Waals surface area contributed by atoms with Crippen molar-refractivity contribution in [2.75, 3.05) is 6.61 Å². The molecule has 4 rings (SSSR count). The summed E-state index contributed by atoms with van der Waals surface area (Å²) in [6.45, 7) is 5.73. The smallest absolute Gasteiger partial charge is 0.336 e. The van der Waals surface area contributed by atoms with Crippen LogP contribution < -0.4 is 15.7 Å². The Labute approximate surface area is 189 Å². The molecular formula is C24H24ClN3O4. The monoisotopic (exact) mass is 453 g/mol. The third-order valence-electron chi connectivity index (χ3n) is 5.14. The Balaban J connectivity index is 1.50. The zero-order valence-corrected chi connectivity index (χ0v) is 18.8. The van der Waals surface area contributed by atoms with E-state index in [9.17, 15) is 9.59 Å². The van der Waals surface area contributed by atoms with Gasteiger partial charge in [0.1, 0.15) is 17.2 Å². The van der Waals surface area contributed by atoms with E-state index in [1.165, 1.54) is 12.1 Å². The Bertz CT molecular complexity index is 1310. The predicted molar refractivity (Wildman–Crippen MR) is 124 cm³/mol. The Kier molecular flexibility index (Phi) is 6.19. The molecule has 0 radical (unpaired) electrons. The number of ether oxygens (including phenoxy) is 1. The molecule has 2 heterocycles. The first kappa shape index (κ1) is 21.9. The van der Waals surface area contributed by atoms with Gasteiger partial charge in [-0.1, -0.05) is 37.6 Å². The second-order valence-corrected chi connectivity index (χ2v) is 8.61. The number of aryl methyl sites for hydroxylation is 1. The maximum absolute atomic E-state index is 12.7. The molecule has 2 aromatic carbocycles. The van der Waals surface area contributed by atoms with Crippen LogP contribution in [0.2, 0.25) is 5.02 Å². The summed E-state index contributed by atoms with van der Waals surface area (Å²) in [6, 6.07) is 12.0. The lowest BCUT2D eigenvalue weighted by Crippen LogP contribution is -2.34. The fraction of sp³-hybridized carbons (Fsp3) is 0.292. The van der Waals surface area contributed by atoms with E-state index < -0.39 is 5.63 Å². The van der Waals surface area contributed by atoms with Gasteiger partial charge in [0.05, 0.1) is 22.1 Å². The van der Waals surface area contributed by atoms with Gasteiger partial charge in [0.2, 0.25) is 0 Å². The van der Waals surface area contributed by atoms with Crippen LogP contribution >= 0.6 is 11.6 Å². The van der Waals surface area contributed by atoms with Gasteiger partial charge in [-0.2, -0.15) is 0 Å². The molecule has 0 aliphatic carbocycles. The highest BCUT2D eigenvalue weighted by molar-refractivity contribution is 6.32. The molecule has 4 aromatic rings. The maximum Gasteiger partial charge on any atom is 0.336 e. The summed E-state index contributed by atoms with van der Waals surface area (Å²) in [6.07, 6.45) is 0.715. The van der Waals surface area contributed by atoms with Gasteiger partial charge in [0.15, 0.2) is 6.61 Å². The number of imidazole rings is 1. The van der Waals surface area contributed by atoms with Gasteiger partial charge in [-0.3, -0.25) is 4.79 Å². The molecule has 2 aromatic heterocycles. The SMILES string of the molecule is Cc1cc(=O)oc2cc(OCC(=O)NC(CC(C)C)c3nc4ccccc4[nH]3)c(Cl)cc12. The molecule has 1 atom stereocenters. The van der Waals surface area contributed by atoms with E-state index in [0.29, 0.717) is 34.2 Å². The lowest BCUT2D eigenvalue weighted by atomic mass is 10.0. The van der Waals surface area contributed by atoms with E-state index >= 15 is 0 Å². The third-order valence-corrected chi connectivity index (χ3v) is 5.44. The van der Waals surface area contributed by atoms with Gasteiger partial charge in [-0.05, 0) is 43.0 Å². The van der Waals surface area contributed by atoms with Crippen molar-refractivity contribution in [3.05, 3.63) is 69.3 Å². The number of aromatic nitrogens is 2. The molecule has 32 heavy (non-hydrogen) atoms. The Morgan fingerprint density at radius 1 is 1.25 bits per heavy atom. The summed E-state index contributed by atoms with van der Waals surface area (Å²) in [4.78, 5) is 32.3. The van der Waals surface area contributed by atoms with Crippen LogP contribution in [-0.4, -0.2) is 22.5 Å². The number of nitrogens with one attached hydrogen (secondary N) is 2. The normalized spacial score (nSPS) is 12.4. The zero-order chi connectivity index (χ0) is 22.8. The molecule has 0 bridgehead atoms. The average molecular weight is 454 g/mol. The van der Waals surface area contributed by atoms with Crippen molar-refractivity contribution in [3.63, 3.8) is 0 Å². The Hall–Kier alpha value is -3.32. The summed E-state index contributed by atoms with van der Waals surface area (Å²) in [7, 11) is 0. The van der Waals surface area contributed by atoms with Crippen LogP contribution in [0.3, 0.4) is 0 Å². The average Bonchev–Trinajstić information content (AvgIpc) is 3.16. The first-order valence-electron chi connectivity index (χ1n) is 10.4. The van der Waals surface area contributed by atoms with Gasteiger partial charge in [-0.25, -0.2) is 9.78 Å². The van der Waals surface area contributed by atoms with Gasteiger partial charge in [0.25, 0.3) is 5.91 Å². The molecule has 8 heteroatoms. The first-order valence-corrected chi connectivity index (χ1v) is 10.8. The van der Waals surface area contributed by atoms with Crippen molar-refractivity contribution in [2.45, 2.75) is 33.2 Å². The molecule has 1 amide bonds. The van der Waals surface area contributed by atoms with Gasteiger partial charge in [0, 0.05) is 17.5 Å². The molecule has 2 N–H and O–H groups in total. The van der Waals surface area contributed by atoms with Crippen molar-refractivity contribution < 1.29 is 13.9 Å². The Morgan fingerprint density at radius 2 is 2.03 bits per heavy atom. The first-order chi connectivity index (χ1) is 15.3. The summed E-state index contributed by atoms with van der Waals surface area (Å²) < 4.78 is 10.9. The predicted octanol–water partition coefficient (Wildman–Crippen LogP) is 4.91. The molecule has 7 nitrogen and oxygen atoms in total. The molecule has 0 fully saturated rings. The van der Waals surface area contributed by atoms with Crippen molar-refractivity contribution in [3.8, 4) is 5.75 Å². The van der Waals surface area contributed by atoms with E-state index in [1.807, 2.05) is 24.3 Å². The number of H-pyrrole nitrogens is 1. The molecule has 0 saturated carbocycles. The number of benzene rings is 2. The number of nitrogens with zero attached hydrogens (tertiary/aromatic N) is 1. The van der Waals surface area contributed by atoms with E-state index in [1.54, 1.807) is 13.0 Å². The zero-order valence-electron chi connectivity index (χ0n) is 18.1. The molecule has 0 spiro atoms. The van der Waals surface area contributed by atoms with Crippen molar-refractivity contribution >= 4 is 39.5 Å². The van der Waals surface area contributed by atoms with Crippen molar-refractivity contribution in [1.29, 1.82) is 0 Å². The van der Waals surface area contributed by atoms with E-state index in [4.69, 9.17) is 20.8 Å². The van der Waals surface area contributed by atoms with E-state index in [0.717, 1.165) is 16.6 Å². The highest BCUT2D eigenvalue weighted by Crippen LogP contribution is 2.31. The number of hydrogen-bond donors (Lipinski definition) is 2. The summed E-state index contributed by atoms with van der Waals surface area (Å²) >= 11 is 6.32. The van der Waals surface area contributed by atoms with Crippen LogP contribution in [-0.2, 0) is 4.79 Å². The topological polar surface area (TPSA) is 97.2 Å². The standard InChI is InChI=1S/C24H24ClN3O4/c1-13(2)8-19(24-27-17-6-4-5-7-18(17)28-24)26-22(29)12-31-21-11-20-15(10-16(21)25)14(3)9-23(30)32-20/h4-7,9-11,13,19H,8,12H2,1-3H3,(H,26,29)(H,27,28). The van der Waals surface area contributed by atoms with Crippen LogP contribution in [0.5, 0.6) is 5.75 Å². The molecule has 166 valence electrons. The van der Waals surface area contributed by atoms with Gasteiger partial charge >= 0.3 is 5.63 Å². The van der Waals surface area contributed by atoms with Crippen LogP contribution in [0.1, 0.15) is 37.7 Å². The second-order valence-electron chi connectivity index (χ2n) is 8.20. The number of rotatable bonds is 7. The summed E-state index contributed by atoms with van der Waals surface area (Å²) in [5, 5.41) is 4.04. The van der Waals surface area contributed by atoms with Crippen LogP contribution in [0.4, 0.5) is 0 Å². The fourth-order valence-corrected chi connectivity index (χ4v) is 3.88. The van der Waals surface area contributed by atoms with Crippen LogP contribution in [0.25, 0.3) is 22.0 Å². The molecule has 0 aliphatic heterocycles. The number of hydrogen-bond acceptors (Lipinski definition) is 5. The molecule has 1 unspecified atom stereocenters. The second kappa shape index (κ2) is 9.04. The van der Waals surface area contributed by atoms with Crippen LogP contribution in [0, 0.1) is 12.8 Å². The number of para-hydroxylation sites is 2. The number of carbonyl (C=O) groups excluding carboxylic acids is 1. The quantitative estimate of drug-likeness (QED) is 0.387. The molecule has 0 aliphatic rings. The molecule has 0 saturated heterocycles. The summed E-state index contributed by atoms with van der Waals surface area (Å²) in [5.74, 6) is 1.01. The molecular weight excluding hydrogens is 430 g/mol. The number of aromatic amines is 1. The minimum atomic E-state index is -0.455. The van der Waals surface area contributed by atoms with E-state index in [2.05, 4.69) is 29.1 Å². The minimum Gasteiger partial charge on any atom is -0.482 e. The lowest BCUT2D eigenvalue weighted by Gasteiger charge is -2.19. The lowest BCUT2D eigenvalue weighted by molar-refractivity contribution is -0.124. The number of carbonyl (C=O) groups is 1. The van der Waals surface area contributed by atoms with E-state index in [-0.39, 0.29) is 24.3 Å². The van der Waals surface area contributed by atoms with Gasteiger partial charge < -0.3 is 19.5 Å². The maximum atomic E-state index is 12.7. The van der Waals surface area contributed by atoms with Crippen molar-refractivity contribution in [1.82, 2.24) is 15.3 Å². The third kappa shape index (κ3) is 4.78. The van der Waals surface area contributed by atoms with Crippen LogP contribution in [0.15, 0.2) is 51.7 Å². The number of amides is 1. The highest BCUT2D eigenvalue weighted by atomic mass is 35.5. The highest BCUT2D eigenvalue weighted by Gasteiger charge is 2.20. The Morgan fingerprint density at radius 3 is 2.78 bits per heavy atom. The minimum absolute atomic E-state index is 0.240. The largest absolute Gasteiger partial charge is 0.482 e. The fourth-order valence-electron chi connectivity index (χ4n) is 3.66. The number of fused-ring (bicyclic) bond motifs is 2. The summed E-state index contributed by atoms with van der Waals surface area (Å²) in [5.41, 5.74) is 2.42. The van der Waals surface area contributed by atoms with Crippen molar-refractivity contribution in [2.24, 2.45) is 5.92 Å².